The van der Waals surface area contributed by atoms with E-state index >= 15 is 0 Å². The molecular weight excluding hydrogens is 368 g/mol. The van der Waals surface area contributed by atoms with Gasteiger partial charge in [-0.05, 0) is 30.3 Å². The molecule has 25 heavy (non-hydrogen) atoms. The fourth-order valence-electron chi connectivity index (χ4n) is 1.88. The lowest BCUT2D eigenvalue weighted by Gasteiger charge is -2.13. The Kier molecular flexibility index (Phi) is 6.46. The predicted octanol–water partition coefficient (Wildman–Crippen LogP) is 1.92. The molecule has 0 aliphatic heterocycles. The smallest absolute Gasteiger partial charge is 0.259 e. The number of likely N-dealkylation sites (N-methyl/N-ethyl adjacent to an activating group) is 1. The summed E-state index contributed by atoms with van der Waals surface area (Å²) in [5.74, 6) is 0.703. The maximum absolute atomic E-state index is 12.3. The molecule has 0 saturated carbocycles. The van der Waals surface area contributed by atoms with Crippen LogP contribution in [-0.2, 0) is 21.2 Å². The van der Waals surface area contributed by atoms with Crippen LogP contribution in [0.3, 0.4) is 0 Å². The van der Waals surface area contributed by atoms with E-state index in [1.807, 2.05) is 0 Å². The van der Waals surface area contributed by atoms with Gasteiger partial charge in [0, 0.05) is 27.1 Å². The van der Waals surface area contributed by atoms with Crippen LogP contribution in [0, 0.1) is 0 Å². The van der Waals surface area contributed by atoms with E-state index < -0.39 is 10.0 Å². The average Bonchev–Trinajstić information content (AvgIpc) is 3.06. The van der Waals surface area contributed by atoms with Gasteiger partial charge in [-0.15, -0.1) is 0 Å². The predicted molar refractivity (Wildman–Crippen MR) is 93.2 cm³/mol. The van der Waals surface area contributed by atoms with Gasteiger partial charge in [-0.1, -0.05) is 11.6 Å². The summed E-state index contributed by atoms with van der Waals surface area (Å²) in [4.78, 5) is 12.9. The fourth-order valence-corrected chi connectivity index (χ4v) is 3.24. The van der Waals surface area contributed by atoms with E-state index in [1.165, 1.54) is 29.4 Å². The number of carbonyl (C=O) groups is 1. The van der Waals surface area contributed by atoms with Gasteiger partial charge in [0.1, 0.15) is 11.5 Å². The van der Waals surface area contributed by atoms with Gasteiger partial charge in [0.2, 0.25) is 10.0 Å². The normalized spacial score (nSPS) is 11.3. The van der Waals surface area contributed by atoms with E-state index in [1.54, 1.807) is 26.2 Å². The summed E-state index contributed by atoms with van der Waals surface area (Å²) in [5, 5.41) is 0.112. The third-order valence-electron chi connectivity index (χ3n) is 3.31. The first-order chi connectivity index (χ1) is 11.8. The Morgan fingerprint density at radius 2 is 2.08 bits per heavy atom. The van der Waals surface area contributed by atoms with Crippen LogP contribution < -0.4 is 9.46 Å². The van der Waals surface area contributed by atoms with E-state index in [0.29, 0.717) is 12.2 Å². The summed E-state index contributed by atoms with van der Waals surface area (Å²) in [6, 6.07) is 7.59. The number of benzene rings is 1. The molecule has 1 heterocycles. The summed E-state index contributed by atoms with van der Waals surface area (Å²) < 4.78 is 37.5. The number of ether oxygens (including phenoxy) is 1. The molecule has 0 atom stereocenters. The molecule has 2 aromatic rings. The Labute approximate surface area is 151 Å². The zero-order valence-corrected chi connectivity index (χ0v) is 15.4. The second-order valence-corrected chi connectivity index (χ2v) is 7.57. The van der Waals surface area contributed by atoms with Crippen molar-refractivity contribution in [2.45, 2.75) is 11.3 Å². The van der Waals surface area contributed by atoms with Crippen LogP contribution in [-0.4, -0.2) is 46.5 Å². The third kappa shape index (κ3) is 5.48. The molecular formula is C16H19ClN2O5S. The van der Waals surface area contributed by atoms with Gasteiger partial charge in [-0.25, -0.2) is 13.1 Å². The Hall–Kier alpha value is -2.03. The van der Waals surface area contributed by atoms with Crippen molar-refractivity contribution in [1.82, 2.24) is 9.62 Å². The fraction of sp³-hybridized carbons (Fsp3) is 0.312. The number of nitrogens with one attached hydrogen (secondary N) is 1. The Morgan fingerprint density at radius 1 is 1.32 bits per heavy atom. The number of hydrogen-bond acceptors (Lipinski definition) is 5. The number of nitrogens with zero attached hydrogens (tertiary/aromatic N) is 1. The van der Waals surface area contributed by atoms with Gasteiger partial charge >= 0.3 is 0 Å². The molecule has 0 bridgehead atoms. The van der Waals surface area contributed by atoms with Crippen LogP contribution in [0.2, 0.25) is 5.02 Å². The maximum atomic E-state index is 12.3. The van der Waals surface area contributed by atoms with Crippen LogP contribution in [0.15, 0.2) is 45.9 Å². The number of hydrogen-bond donors (Lipinski definition) is 1. The zero-order valence-electron chi connectivity index (χ0n) is 13.9. The minimum Gasteiger partial charge on any atom is -0.482 e. The standard InChI is InChI=1S/C16H19ClN2O5S/c1-19(2)16(20)11-24-15-6-5-13(10-14(15)17)25(21,22)18-8-7-12-4-3-9-23-12/h3-6,9-10,18H,7-8,11H2,1-2H3. The van der Waals surface area contributed by atoms with Gasteiger partial charge in [-0.2, -0.15) is 0 Å². The Bertz CT molecular complexity index is 819. The van der Waals surface area contributed by atoms with E-state index in [9.17, 15) is 13.2 Å². The van der Waals surface area contributed by atoms with Crippen molar-refractivity contribution in [1.29, 1.82) is 0 Å². The number of rotatable bonds is 8. The van der Waals surface area contributed by atoms with Crippen molar-refractivity contribution < 1.29 is 22.4 Å². The largest absolute Gasteiger partial charge is 0.482 e. The summed E-state index contributed by atoms with van der Waals surface area (Å²) in [5.41, 5.74) is 0. The van der Waals surface area contributed by atoms with Crippen molar-refractivity contribution in [3.8, 4) is 5.75 Å². The highest BCUT2D eigenvalue weighted by atomic mass is 35.5. The topological polar surface area (TPSA) is 88.8 Å². The molecule has 1 N–H and O–H groups in total. The van der Waals surface area contributed by atoms with Gasteiger partial charge in [0.15, 0.2) is 6.61 Å². The molecule has 0 radical (unpaired) electrons. The van der Waals surface area contributed by atoms with Crippen LogP contribution >= 0.6 is 11.6 Å². The van der Waals surface area contributed by atoms with Crippen molar-refractivity contribution in [2.24, 2.45) is 0 Å². The first kappa shape index (κ1) is 19.3. The molecule has 2 rings (SSSR count). The monoisotopic (exact) mass is 386 g/mol. The molecule has 0 saturated heterocycles. The maximum Gasteiger partial charge on any atom is 0.259 e. The summed E-state index contributed by atoms with van der Waals surface area (Å²) >= 11 is 6.06. The molecule has 0 aliphatic carbocycles. The molecule has 0 aliphatic rings. The number of sulfonamides is 1. The van der Waals surface area contributed by atoms with Crippen LogP contribution in [0.1, 0.15) is 5.76 Å². The van der Waals surface area contributed by atoms with Crippen LogP contribution in [0.5, 0.6) is 5.75 Å². The highest BCUT2D eigenvalue weighted by molar-refractivity contribution is 7.89. The molecule has 1 amide bonds. The van der Waals surface area contributed by atoms with Gasteiger partial charge in [-0.3, -0.25) is 4.79 Å². The highest BCUT2D eigenvalue weighted by Gasteiger charge is 2.16. The molecule has 1 aromatic heterocycles. The SMILES string of the molecule is CN(C)C(=O)COc1ccc(S(=O)(=O)NCCc2ccco2)cc1Cl. The van der Waals surface area contributed by atoms with Crippen molar-refractivity contribution >= 4 is 27.5 Å². The molecule has 9 heteroatoms. The summed E-state index contributed by atoms with van der Waals surface area (Å²) in [7, 11) is -0.487. The summed E-state index contributed by atoms with van der Waals surface area (Å²) in [6.07, 6.45) is 1.97. The second kappa shape index (κ2) is 8.37. The van der Waals surface area contributed by atoms with Crippen LogP contribution in [0.4, 0.5) is 0 Å². The van der Waals surface area contributed by atoms with Gasteiger partial charge < -0.3 is 14.1 Å². The molecule has 0 fully saturated rings. The first-order valence-electron chi connectivity index (χ1n) is 7.44. The molecule has 136 valence electrons. The Balaban J connectivity index is 1.98. The number of furan rings is 1. The molecule has 0 unspecified atom stereocenters. The van der Waals surface area contributed by atoms with E-state index in [2.05, 4.69) is 4.72 Å². The van der Waals surface area contributed by atoms with Gasteiger partial charge in [0.05, 0.1) is 16.2 Å². The first-order valence-corrected chi connectivity index (χ1v) is 9.30. The third-order valence-corrected chi connectivity index (χ3v) is 5.06. The quantitative estimate of drug-likeness (QED) is 0.748. The van der Waals surface area contributed by atoms with E-state index in [0.717, 1.165) is 0 Å². The van der Waals surface area contributed by atoms with E-state index in [4.69, 9.17) is 20.8 Å². The lowest BCUT2D eigenvalue weighted by molar-refractivity contribution is -0.130. The average molecular weight is 387 g/mol. The van der Waals surface area contributed by atoms with Crippen molar-refractivity contribution in [3.63, 3.8) is 0 Å². The molecule has 1 aromatic carbocycles. The number of carbonyl (C=O) groups excluding carboxylic acids is 1. The minimum absolute atomic E-state index is 0.0169. The molecule has 7 nitrogen and oxygen atoms in total. The number of amides is 1. The van der Waals surface area contributed by atoms with Crippen LogP contribution in [0.25, 0.3) is 0 Å². The lowest BCUT2D eigenvalue weighted by atomic mass is 10.3. The van der Waals surface area contributed by atoms with E-state index in [-0.39, 0.29) is 34.7 Å². The number of halogens is 1. The minimum atomic E-state index is -3.70. The highest BCUT2D eigenvalue weighted by Crippen LogP contribution is 2.27. The van der Waals surface area contributed by atoms with Crippen molar-refractivity contribution in [2.75, 3.05) is 27.2 Å². The van der Waals surface area contributed by atoms with Gasteiger partial charge in [0.25, 0.3) is 5.91 Å². The lowest BCUT2D eigenvalue weighted by Crippen LogP contribution is -2.27. The summed E-state index contributed by atoms with van der Waals surface area (Å²) in [6.45, 7) is 0.0171. The Morgan fingerprint density at radius 3 is 2.68 bits per heavy atom. The second-order valence-electron chi connectivity index (χ2n) is 5.40. The van der Waals surface area contributed by atoms with Crippen molar-refractivity contribution in [3.05, 3.63) is 47.4 Å². The molecule has 0 spiro atoms. The zero-order chi connectivity index (χ0) is 18.4.